The highest BCUT2D eigenvalue weighted by molar-refractivity contribution is 5.36. The molecule has 0 saturated carbocycles. The van der Waals surface area contributed by atoms with Gasteiger partial charge in [0.1, 0.15) is 6.61 Å². The molecule has 5 heteroatoms. The fourth-order valence-corrected chi connectivity index (χ4v) is 1.52. The maximum atomic E-state index is 10.1. The van der Waals surface area contributed by atoms with Crippen molar-refractivity contribution in [2.24, 2.45) is 0 Å². The Morgan fingerprint density at radius 2 is 1.40 bits per heavy atom. The van der Waals surface area contributed by atoms with Gasteiger partial charge < -0.3 is 18.9 Å². The van der Waals surface area contributed by atoms with Crippen LogP contribution in [0.1, 0.15) is 40.5 Å². The van der Waals surface area contributed by atoms with Gasteiger partial charge in [-0.15, -0.1) is 0 Å². The van der Waals surface area contributed by atoms with Gasteiger partial charge in [0.25, 0.3) is 6.47 Å². The minimum atomic E-state index is -0.314. The molecule has 0 unspecified atom stereocenters. The van der Waals surface area contributed by atoms with Gasteiger partial charge in [-0.25, -0.2) is 0 Å². The van der Waals surface area contributed by atoms with Crippen molar-refractivity contribution in [2.45, 2.75) is 51.7 Å². The van der Waals surface area contributed by atoms with Crippen LogP contribution in [0.25, 0.3) is 0 Å². The van der Waals surface area contributed by atoms with E-state index in [1.807, 2.05) is 27.7 Å². The van der Waals surface area contributed by atoms with E-state index in [2.05, 4.69) is 11.3 Å². The standard InChI is InChI=1S/C15H28O5/c1-6-17-11-12-20-15(4,5)8-10-19-14(2,3)7-9-18-13-16/h6,13H,1,7-12H2,2-5H3. The van der Waals surface area contributed by atoms with Crippen LogP contribution in [0.3, 0.4) is 0 Å². The van der Waals surface area contributed by atoms with Crippen LogP contribution in [0, 0.1) is 0 Å². The number of ether oxygens (including phenoxy) is 4. The monoisotopic (exact) mass is 288 g/mol. The Kier molecular flexibility index (Phi) is 9.25. The third kappa shape index (κ3) is 10.8. The Morgan fingerprint density at radius 3 is 1.95 bits per heavy atom. The molecule has 0 aromatic carbocycles. The van der Waals surface area contributed by atoms with E-state index in [1.54, 1.807) is 0 Å². The number of carbonyl (C=O) groups is 1. The molecular formula is C15H28O5. The first-order chi connectivity index (χ1) is 9.33. The maximum absolute atomic E-state index is 10.1. The predicted octanol–water partition coefficient (Wildman–Crippen LogP) is 2.69. The highest BCUT2D eigenvalue weighted by Crippen LogP contribution is 2.19. The van der Waals surface area contributed by atoms with Gasteiger partial charge in [-0.1, -0.05) is 6.58 Å². The van der Waals surface area contributed by atoms with Gasteiger partial charge in [-0.2, -0.15) is 0 Å². The van der Waals surface area contributed by atoms with Crippen LogP contribution >= 0.6 is 0 Å². The molecule has 5 nitrogen and oxygen atoms in total. The third-order valence-corrected chi connectivity index (χ3v) is 2.90. The summed E-state index contributed by atoms with van der Waals surface area (Å²) in [6, 6.07) is 0. The summed E-state index contributed by atoms with van der Waals surface area (Å²) in [6.45, 7) is 13.9. The van der Waals surface area contributed by atoms with Crippen LogP contribution in [0.5, 0.6) is 0 Å². The van der Waals surface area contributed by atoms with E-state index in [0.29, 0.717) is 39.3 Å². The van der Waals surface area contributed by atoms with Crippen molar-refractivity contribution < 1.29 is 23.7 Å². The summed E-state index contributed by atoms with van der Waals surface area (Å²) in [5, 5.41) is 0. The Hall–Kier alpha value is -1.07. The van der Waals surface area contributed by atoms with Gasteiger partial charge in [-0.3, -0.25) is 4.79 Å². The second kappa shape index (κ2) is 9.77. The molecule has 0 bridgehead atoms. The van der Waals surface area contributed by atoms with Gasteiger partial charge in [0.05, 0.1) is 37.3 Å². The van der Waals surface area contributed by atoms with Gasteiger partial charge >= 0.3 is 0 Å². The van der Waals surface area contributed by atoms with Crippen LogP contribution < -0.4 is 0 Å². The normalized spacial score (nSPS) is 12.0. The number of hydrogen-bond acceptors (Lipinski definition) is 5. The van der Waals surface area contributed by atoms with Gasteiger partial charge in [0.2, 0.25) is 0 Å². The van der Waals surface area contributed by atoms with Crippen molar-refractivity contribution in [3.63, 3.8) is 0 Å². The average Bonchev–Trinajstić information content (AvgIpc) is 2.34. The summed E-state index contributed by atoms with van der Waals surface area (Å²) in [6.07, 6.45) is 2.85. The SMILES string of the molecule is C=COCCOC(C)(C)CCOC(C)(C)CCOC=O. The van der Waals surface area contributed by atoms with Crippen LogP contribution in [-0.2, 0) is 23.7 Å². The Morgan fingerprint density at radius 1 is 0.850 bits per heavy atom. The second-order valence-corrected chi connectivity index (χ2v) is 5.72. The molecule has 0 aliphatic carbocycles. The smallest absolute Gasteiger partial charge is 0.293 e. The first kappa shape index (κ1) is 18.9. The fraction of sp³-hybridized carbons (Fsp3) is 0.800. The highest BCUT2D eigenvalue weighted by Gasteiger charge is 2.22. The lowest BCUT2D eigenvalue weighted by Crippen LogP contribution is -2.32. The minimum Gasteiger partial charge on any atom is -0.499 e. The zero-order valence-electron chi connectivity index (χ0n) is 13.1. The molecule has 0 fully saturated rings. The first-order valence-electron chi connectivity index (χ1n) is 6.89. The molecule has 0 spiro atoms. The van der Waals surface area contributed by atoms with Gasteiger partial charge in [0.15, 0.2) is 0 Å². The van der Waals surface area contributed by atoms with E-state index in [0.717, 1.165) is 6.42 Å². The van der Waals surface area contributed by atoms with E-state index in [1.165, 1.54) is 6.26 Å². The molecule has 20 heavy (non-hydrogen) atoms. The van der Waals surface area contributed by atoms with Crippen LogP contribution in [0.4, 0.5) is 0 Å². The molecule has 0 N–H and O–H groups in total. The fourth-order valence-electron chi connectivity index (χ4n) is 1.52. The average molecular weight is 288 g/mol. The zero-order chi connectivity index (χ0) is 15.5. The molecule has 0 aliphatic heterocycles. The summed E-state index contributed by atoms with van der Waals surface area (Å²) in [5.41, 5.74) is -0.578. The molecule has 0 atom stereocenters. The van der Waals surface area contributed by atoms with Crippen molar-refractivity contribution in [1.82, 2.24) is 0 Å². The summed E-state index contributed by atoms with van der Waals surface area (Å²) in [7, 11) is 0. The van der Waals surface area contributed by atoms with Gasteiger partial charge in [-0.05, 0) is 34.1 Å². The zero-order valence-corrected chi connectivity index (χ0v) is 13.1. The van der Waals surface area contributed by atoms with E-state index in [-0.39, 0.29) is 11.2 Å². The summed E-state index contributed by atoms with van der Waals surface area (Å²) >= 11 is 0. The van der Waals surface area contributed by atoms with Crippen LogP contribution in [0.2, 0.25) is 0 Å². The first-order valence-corrected chi connectivity index (χ1v) is 6.89. The highest BCUT2D eigenvalue weighted by atomic mass is 16.5. The quantitative estimate of drug-likeness (QED) is 0.296. The molecule has 0 saturated heterocycles. The minimum absolute atomic E-state index is 0.264. The molecule has 118 valence electrons. The topological polar surface area (TPSA) is 54.0 Å². The Bertz CT molecular complexity index is 273. The summed E-state index contributed by atoms with van der Waals surface area (Å²) in [5.74, 6) is 0. The molecule has 0 amide bonds. The Balaban J connectivity index is 3.83. The second-order valence-electron chi connectivity index (χ2n) is 5.72. The number of hydrogen-bond donors (Lipinski definition) is 0. The Labute approximate surface area is 122 Å². The lowest BCUT2D eigenvalue weighted by atomic mass is 10.0. The maximum Gasteiger partial charge on any atom is 0.293 e. The lowest BCUT2D eigenvalue weighted by molar-refractivity contribution is -0.131. The van der Waals surface area contributed by atoms with E-state index >= 15 is 0 Å². The lowest BCUT2D eigenvalue weighted by Gasteiger charge is -2.29. The summed E-state index contributed by atoms with van der Waals surface area (Å²) < 4.78 is 21.2. The molecular weight excluding hydrogens is 260 g/mol. The molecule has 0 aliphatic rings. The van der Waals surface area contributed by atoms with Gasteiger partial charge in [0, 0.05) is 6.42 Å². The number of rotatable bonds is 13. The van der Waals surface area contributed by atoms with Crippen LogP contribution in [-0.4, -0.2) is 44.1 Å². The predicted molar refractivity (Wildman–Crippen MR) is 77.5 cm³/mol. The van der Waals surface area contributed by atoms with E-state index in [4.69, 9.17) is 14.2 Å². The van der Waals surface area contributed by atoms with Crippen molar-refractivity contribution in [1.29, 1.82) is 0 Å². The third-order valence-electron chi connectivity index (χ3n) is 2.90. The molecule has 0 heterocycles. The molecule has 0 aromatic heterocycles. The number of carbonyl (C=O) groups excluding carboxylic acids is 1. The van der Waals surface area contributed by atoms with Crippen molar-refractivity contribution in [3.8, 4) is 0 Å². The van der Waals surface area contributed by atoms with Crippen molar-refractivity contribution in [2.75, 3.05) is 26.4 Å². The van der Waals surface area contributed by atoms with E-state index in [9.17, 15) is 4.79 Å². The molecule has 0 rings (SSSR count). The summed E-state index contributed by atoms with van der Waals surface area (Å²) in [4.78, 5) is 10.1. The van der Waals surface area contributed by atoms with Crippen molar-refractivity contribution >= 4 is 6.47 Å². The van der Waals surface area contributed by atoms with Crippen molar-refractivity contribution in [3.05, 3.63) is 12.8 Å². The van der Waals surface area contributed by atoms with Crippen LogP contribution in [0.15, 0.2) is 12.8 Å². The molecule has 0 aromatic rings. The largest absolute Gasteiger partial charge is 0.499 e. The molecule has 0 radical (unpaired) electrons. The van der Waals surface area contributed by atoms with E-state index < -0.39 is 0 Å².